The Morgan fingerprint density at radius 1 is 1.16 bits per heavy atom. The molecule has 2 heterocycles. The Morgan fingerprint density at radius 2 is 1.91 bits per heavy atom. The van der Waals surface area contributed by atoms with Gasteiger partial charge in [0.2, 0.25) is 11.8 Å². The standard InChI is InChI=1S/C24H24FN3O3S/c1-3-26(19-6-4-5-16(2)13-19)21(29)15-27-20-11-12-32-22(20)23(30)28(24(27)31)14-17-7-9-18(25)10-8-17/h4-13,20,22H,3,14-15H2,1-2H3. The van der Waals surface area contributed by atoms with Crippen molar-refractivity contribution in [1.82, 2.24) is 9.80 Å². The normalized spacial score (nSPS) is 20.0. The number of rotatable bonds is 6. The predicted molar refractivity (Wildman–Crippen MR) is 123 cm³/mol. The maximum absolute atomic E-state index is 13.3. The minimum absolute atomic E-state index is 0.0296. The molecule has 2 atom stereocenters. The first kappa shape index (κ1) is 22.1. The zero-order chi connectivity index (χ0) is 22.8. The Kier molecular flexibility index (Phi) is 6.32. The number of carbonyl (C=O) groups excluding carboxylic acids is 3. The molecular weight excluding hydrogens is 429 g/mol. The molecule has 32 heavy (non-hydrogen) atoms. The maximum Gasteiger partial charge on any atom is 0.328 e. The van der Waals surface area contributed by atoms with Crippen LogP contribution >= 0.6 is 11.8 Å². The summed E-state index contributed by atoms with van der Waals surface area (Å²) in [6.07, 6.45) is 1.80. The first-order valence-electron chi connectivity index (χ1n) is 10.4. The smallest absolute Gasteiger partial charge is 0.311 e. The largest absolute Gasteiger partial charge is 0.328 e. The summed E-state index contributed by atoms with van der Waals surface area (Å²) in [5, 5.41) is 1.31. The number of aryl methyl sites for hydroxylation is 1. The van der Waals surface area contributed by atoms with E-state index >= 15 is 0 Å². The number of likely N-dealkylation sites (N-methyl/N-ethyl adjacent to an activating group) is 1. The third-order valence-corrected chi connectivity index (χ3v) is 6.74. The quantitative estimate of drug-likeness (QED) is 0.665. The molecule has 166 valence electrons. The number of amides is 4. The molecule has 0 aromatic heterocycles. The van der Waals surface area contributed by atoms with E-state index in [9.17, 15) is 18.8 Å². The topological polar surface area (TPSA) is 60.9 Å². The van der Waals surface area contributed by atoms with Crippen LogP contribution in [0.4, 0.5) is 14.9 Å². The lowest BCUT2D eigenvalue weighted by atomic mass is 10.1. The SMILES string of the molecule is CCN(C(=O)CN1C(=O)N(Cc2ccc(F)cc2)C(=O)C2SC=CC21)c1cccc(C)c1. The van der Waals surface area contributed by atoms with Crippen molar-refractivity contribution in [3.05, 3.63) is 77.0 Å². The molecule has 6 nitrogen and oxygen atoms in total. The van der Waals surface area contributed by atoms with Gasteiger partial charge in [-0.25, -0.2) is 9.18 Å². The summed E-state index contributed by atoms with van der Waals surface area (Å²) < 4.78 is 13.3. The molecule has 4 rings (SSSR count). The number of hydrogen-bond acceptors (Lipinski definition) is 4. The van der Waals surface area contributed by atoms with Gasteiger partial charge in [-0.2, -0.15) is 0 Å². The number of nitrogens with zero attached hydrogens (tertiary/aromatic N) is 3. The molecule has 8 heteroatoms. The average molecular weight is 454 g/mol. The van der Waals surface area contributed by atoms with Gasteiger partial charge in [-0.1, -0.05) is 30.3 Å². The fraction of sp³-hybridized carbons (Fsp3) is 0.292. The highest BCUT2D eigenvalue weighted by molar-refractivity contribution is 8.03. The number of imide groups is 1. The summed E-state index contributed by atoms with van der Waals surface area (Å²) in [6.45, 7) is 4.19. The van der Waals surface area contributed by atoms with Crippen molar-refractivity contribution in [2.45, 2.75) is 31.7 Å². The van der Waals surface area contributed by atoms with E-state index in [2.05, 4.69) is 0 Å². The molecular formula is C24H24FN3O3S. The van der Waals surface area contributed by atoms with Crippen LogP contribution in [0.2, 0.25) is 0 Å². The van der Waals surface area contributed by atoms with Gasteiger partial charge in [0.25, 0.3) is 0 Å². The predicted octanol–water partition coefficient (Wildman–Crippen LogP) is 3.95. The number of halogens is 1. The van der Waals surface area contributed by atoms with Gasteiger partial charge in [0.05, 0.1) is 12.6 Å². The van der Waals surface area contributed by atoms with Crippen molar-refractivity contribution in [3.8, 4) is 0 Å². The number of carbonyl (C=O) groups is 3. The van der Waals surface area contributed by atoms with Crippen LogP contribution < -0.4 is 4.90 Å². The number of thioether (sulfide) groups is 1. The number of hydrogen-bond donors (Lipinski definition) is 0. The molecule has 2 aliphatic rings. The lowest BCUT2D eigenvalue weighted by Gasteiger charge is -2.41. The van der Waals surface area contributed by atoms with E-state index in [-0.39, 0.29) is 30.7 Å². The van der Waals surface area contributed by atoms with Crippen molar-refractivity contribution in [1.29, 1.82) is 0 Å². The summed E-state index contributed by atoms with van der Waals surface area (Å²) in [5.41, 5.74) is 2.45. The molecule has 2 unspecified atom stereocenters. The lowest BCUT2D eigenvalue weighted by Crippen LogP contribution is -2.63. The molecule has 0 bridgehead atoms. The summed E-state index contributed by atoms with van der Waals surface area (Å²) >= 11 is 1.35. The van der Waals surface area contributed by atoms with Gasteiger partial charge in [-0.15, -0.1) is 11.8 Å². The Balaban J connectivity index is 1.57. The van der Waals surface area contributed by atoms with E-state index < -0.39 is 17.3 Å². The van der Waals surface area contributed by atoms with Gasteiger partial charge in [0.15, 0.2) is 0 Å². The van der Waals surface area contributed by atoms with Crippen LogP contribution in [0.25, 0.3) is 0 Å². The number of urea groups is 1. The Hall–Kier alpha value is -3.13. The van der Waals surface area contributed by atoms with E-state index in [0.717, 1.165) is 16.2 Å². The highest BCUT2D eigenvalue weighted by Gasteiger charge is 2.47. The van der Waals surface area contributed by atoms with E-state index in [4.69, 9.17) is 0 Å². The first-order chi connectivity index (χ1) is 15.4. The van der Waals surface area contributed by atoms with E-state index in [1.54, 1.807) is 28.5 Å². The molecule has 2 aromatic carbocycles. The second-order valence-corrected chi connectivity index (χ2v) is 8.87. The molecule has 4 amide bonds. The molecule has 0 N–H and O–H groups in total. The molecule has 0 aliphatic carbocycles. The van der Waals surface area contributed by atoms with Gasteiger partial charge in [-0.05, 0) is 54.6 Å². The van der Waals surface area contributed by atoms with E-state index in [0.29, 0.717) is 12.1 Å². The maximum atomic E-state index is 13.3. The van der Waals surface area contributed by atoms with Crippen molar-refractivity contribution in [2.24, 2.45) is 0 Å². The summed E-state index contributed by atoms with van der Waals surface area (Å²) in [7, 11) is 0. The fourth-order valence-corrected chi connectivity index (χ4v) is 5.08. The van der Waals surface area contributed by atoms with Crippen LogP contribution in [0, 0.1) is 12.7 Å². The summed E-state index contributed by atoms with van der Waals surface area (Å²) in [4.78, 5) is 43.8. The van der Waals surface area contributed by atoms with Gasteiger partial charge in [-0.3, -0.25) is 14.5 Å². The van der Waals surface area contributed by atoms with E-state index in [1.807, 2.05) is 38.1 Å². The third kappa shape index (κ3) is 4.27. The Bertz CT molecular complexity index is 1070. The van der Waals surface area contributed by atoms with Crippen LogP contribution in [0.3, 0.4) is 0 Å². The summed E-state index contributed by atoms with van der Waals surface area (Å²) in [5.74, 6) is -0.899. The van der Waals surface area contributed by atoms with Crippen molar-refractivity contribution in [3.63, 3.8) is 0 Å². The molecule has 1 saturated heterocycles. The fourth-order valence-electron chi connectivity index (χ4n) is 4.01. The lowest BCUT2D eigenvalue weighted by molar-refractivity contribution is -0.133. The summed E-state index contributed by atoms with van der Waals surface area (Å²) in [6, 6.07) is 12.4. The second-order valence-electron chi connectivity index (χ2n) is 7.81. The second kappa shape index (κ2) is 9.16. The van der Waals surface area contributed by atoms with Crippen molar-refractivity contribution < 1.29 is 18.8 Å². The highest BCUT2D eigenvalue weighted by Crippen LogP contribution is 2.35. The Labute approximate surface area is 190 Å². The van der Waals surface area contributed by atoms with Gasteiger partial charge in [0.1, 0.15) is 17.6 Å². The van der Waals surface area contributed by atoms with Gasteiger partial charge < -0.3 is 9.80 Å². The number of anilines is 1. The van der Waals surface area contributed by atoms with Crippen LogP contribution in [-0.2, 0) is 16.1 Å². The molecule has 2 aliphatic heterocycles. The van der Waals surface area contributed by atoms with Crippen LogP contribution in [0.15, 0.2) is 60.0 Å². The first-order valence-corrected chi connectivity index (χ1v) is 11.4. The van der Waals surface area contributed by atoms with Crippen LogP contribution in [0.1, 0.15) is 18.1 Å². The molecule has 2 aromatic rings. The van der Waals surface area contributed by atoms with Crippen LogP contribution in [0.5, 0.6) is 0 Å². The van der Waals surface area contributed by atoms with Crippen molar-refractivity contribution in [2.75, 3.05) is 18.0 Å². The zero-order valence-electron chi connectivity index (χ0n) is 17.9. The third-order valence-electron chi connectivity index (χ3n) is 5.65. The number of benzene rings is 2. The number of fused-ring (bicyclic) bond motifs is 1. The minimum Gasteiger partial charge on any atom is -0.311 e. The van der Waals surface area contributed by atoms with Crippen molar-refractivity contribution >= 4 is 35.3 Å². The molecule has 1 fully saturated rings. The molecule has 0 saturated carbocycles. The Morgan fingerprint density at radius 3 is 2.59 bits per heavy atom. The van der Waals surface area contributed by atoms with Crippen LogP contribution in [-0.4, -0.2) is 52.0 Å². The zero-order valence-corrected chi connectivity index (χ0v) is 18.7. The monoisotopic (exact) mass is 453 g/mol. The van der Waals surface area contributed by atoms with E-state index in [1.165, 1.54) is 28.8 Å². The average Bonchev–Trinajstić information content (AvgIpc) is 3.26. The highest BCUT2D eigenvalue weighted by atomic mass is 32.2. The molecule has 0 radical (unpaired) electrons. The minimum atomic E-state index is -0.513. The van der Waals surface area contributed by atoms with Gasteiger partial charge in [0, 0.05) is 12.2 Å². The van der Waals surface area contributed by atoms with Gasteiger partial charge >= 0.3 is 6.03 Å². The molecule has 0 spiro atoms.